The Morgan fingerprint density at radius 2 is 2.32 bits per heavy atom. The van der Waals surface area contributed by atoms with Crippen LogP contribution in [0.15, 0.2) is 0 Å². The van der Waals surface area contributed by atoms with Gasteiger partial charge >= 0.3 is 0 Å². The molecule has 5 nitrogen and oxygen atoms in total. The second-order valence-corrected chi connectivity index (χ2v) is 5.86. The van der Waals surface area contributed by atoms with Crippen molar-refractivity contribution in [3.8, 4) is 0 Å². The van der Waals surface area contributed by atoms with E-state index >= 15 is 0 Å². The molecular weight excluding hydrogens is 242 g/mol. The third-order valence-electron chi connectivity index (χ3n) is 3.94. The third-order valence-corrected chi connectivity index (χ3v) is 3.94. The van der Waals surface area contributed by atoms with Crippen LogP contribution >= 0.6 is 0 Å². The Morgan fingerprint density at radius 3 is 3.00 bits per heavy atom. The van der Waals surface area contributed by atoms with Crippen LogP contribution in [0.1, 0.15) is 26.2 Å². The van der Waals surface area contributed by atoms with Crippen molar-refractivity contribution in [2.75, 3.05) is 46.4 Å². The Kier molecular flexibility index (Phi) is 5.60. The van der Waals surface area contributed by atoms with Crippen molar-refractivity contribution in [3.63, 3.8) is 0 Å². The molecule has 19 heavy (non-hydrogen) atoms. The van der Waals surface area contributed by atoms with Gasteiger partial charge in [0.25, 0.3) is 0 Å². The van der Waals surface area contributed by atoms with Gasteiger partial charge in [-0.05, 0) is 33.4 Å². The lowest BCUT2D eigenvalue weighted by Crippen LogP contribution is -2.49. The van der Waals surface area contributed by atoms with Crippen LogP contribution in [0.4, 0.5) is 0 Å². The topological polar surface area (TPSA) is 44.8 Å². The smallest absolute Gasteiger partial charge is 0.236 e. The maximum absolute atomic E-state index is 12.2. The summed E-state index contributed by atoms with van der Waals surface area (Å²) in [5.74, 6) is 0.230. The molecule has 2 rings (SSSR count). The molecule has 2 fully saturated rings. The zero-order chi connectivity index (χ0) is 13.7. The number of nitrogens with zero attached hydrogens (tertiary/aromatic N) is 2. The molecule has 1 amide bonds. The molecule has 0 radical (unpaired) electrons. The number of carbonyl (C=O) groups is 1. The summed E-state index contributed by atoms with van der Waals surface area (Å²) >= 11 is 0. The highest BCUT2D eigenvalue weighted by Crippen LogP contribution is 2.09. The van der Waals surface area contributed by atoms with Crippen molar-refractivity contribution < 1.29 is 9.53 Å². The van der Waals surface area contributed by atoms with Gasteiger partial charge in [0.1, 0.15) is 0 Å². The van der Waals surface area contributed by atoms with Crippen LogP contribution < -0.4 is 5.32 Å². The van der Waals surface area contributed by atoms with E-state index in [-0.39, 0.29) is 12.0 Å². The Hall–Kier alpha value is -0.650. The summed E-state index contributed by atoms with van der Waals surface area (Å²) in [5.41, 5.74) is 0. The fourth-order valence-corrected chi connectivity index (χ4v) is 2.90. The molecule has 0 aromatic carbocycles. The number of rotatable bonds is 4. The van der Waals surface area contributed by atoms with E-state index in [2.05, 4.69) is 10.2 Å². The maximum atomic E-state index is 12.2. The molecule has 2 unspecified atom stereocenters. The van der Waals surface area contributed by atoms with Crippen molar-refractivity contribution in [2.45, 2.75) is 38.3 Å². The number of hydrogen-bond donors (Lipinski definition) is 1. The third kappa shape index (κ3) is 4.75. The average Bonchev–Trinajstić information content (AvgIpc) is 2.39. The zero-order valence-corrected chi connectivity index (χ0v) is 12.2. The fraction of sp³-hybridized carbons (Fsp3) is 0.929. The normalized spacial score (nSPS) is 28.7. The first kappa shape index (κ1) is 14.8. The highest BCUT2D eigenvalue weighted by molar-refractivity contribution is 5.78. The summed E-state index contributed by atoms with van der Waals surface area (Å²) in [6.45, 7) is 6.76. The maximum Gasteiger partial charge on any atom is 0.236 e. The lowest BCUT2D eigenvalue weighted by molar-refractivity contribution is -0.139. The van der Waals surface area contributed by atoms with Crippen LogP contribution in [0, 0.1) is 0 Å². The molecule has 0 saturated carbocycles. The predicted octanol–water partition coefficient (Wildman–Crippen LogP) is 0.308. The van der Waals surface area contributed by atoms with Crippen LogP contribution in [0.25, 0.3) is 0 Å². The standard InChI is InChI=1S/C14H27N3O2/c1-12-9-17(7-8-19-12)14(18)11-16(2)10-13-5-3-4-6-15-13/h12-13,15H,3-11H2,1-2H3. The second kappa shape index (κ2) is 7.22. The van der Waals surface area contributed by atoms with Gasteiger partial charge in [-0.15, -0.1) is 0 Å². The molecule has 2 aliphatic heterocycles. The van der Waals surface area contributed by atoms with E-state index in [0.29, 0.717) is 19.2 Å². The number of morpholine rings is 1. The minimum Gasteiger partial charge on any atom is -0.375 e. The number of nitrogens with one attached hydrogen (secondary N) is 1. The first-order valence-corrected chi connectivity index (χ1v) is 7.46. The van der Waals surface area contributed by atoms with Gasteiger partial charge in [0.15, 0.2) is 0 Å². The van der Waals surface area contributed by atoms with E-state index in [1.807, 2.05) is 18.9 Å². The number of hydrogen-bond acceptors (Lipinski definition) is 4. The fourth-order valence-electron chi connectivity index (χ4n) is 2.90. The summed E-state index contributed by atoms with van der Waals surface area (Å²) in [6, 6.07) is 0.551. The first-order valence-electron chi connectivity index (χ1n) is 7.46. The minimum atomic E-state index is 0.169. The molecular formula is C14H27N3O2. The Bertz CT molecular complexity index is 292. The summed E-state index contributed by atoms with van der Waals surface area (Å²) in [7, 11) is 2.04. The van der Waals surface area contributed by atoms with Crippen LogP contribution in [0.5, 0.6) is 0 Å². The summed E-state index contributed by atoms with van der Waals surface area (Å²) in [4.78, 5) is 16.3. The monoisotopic (exact) mass is 269 g/mol. The predicted molar refractivity (Wildman–Crippen MR) is 75.1 cm³/mol. The molecule has 0 aromatic rings. The highest BCUT2D eigenvalue weighted by atomic mass is 16.5. The van der Waals surface area contributed by atoms with Gasteiger partial charge in [0.05, 0.1) is 19.3 Å². The van der Waals surface area contributed by atoms with Gasteiger partial charge in [-0.2, -0.15) is 0 Å². The van der Waals surface area contributed by atoms with E-state index in [1.165, 1.54) is 19.3 Å². The van der Waals surface area contributed by atoms with E-state index in [9.17, 15) is 4.79 Å². The van der Waals surface area contributed by atoms with Gasteiger partial charge in [-0.1, -0.05) is 6.42 Å². The summed E-state index contributed by atoms with van der Waals surface area (Å²) in [6.07, 6.45) is 3.99. The van der Waals surface area contributed by atoms with Gasteiger partial charge < -0.3 is 15.0 Å². The van der Waals surface area contributed by atoms with Crippen molar-refractivity contribution >= 4 is 5.91 Å². The number of carbonyl (C=O) groups excluding carboxylic acids is 1. The van der Waals surface area contributed by atoms with Gasteiger partial charge in [0.2, 0.25) is 5.91 Å². The second-order valence-electron chi connectivity index (χ2n) is 5.86. The zero-order valence-electron chi connectivity index (χ0n) is 12.2. The molecule has 2 atom stereocenters. The Balaban J connectivity index is 1.71. The molecule has 1 N–H and O–H groups in total. The van der Waals surface area contributed by atoms with Gasteiger partial charge in [-0.3, -0.25) is 9.69 Å². The lowest BCUT2D eigenvalue weighted by atomic mass is 10.0. The van der Waals surface area contributed by atoms with Crippen LogP contribution in [-0.2, 0) is 9.53 Å². The summed E-state index contributed by atoms with van der Waals surface area (Å²) < 4.78 is 5.47. The number of ether oxygens (including phenoxy) is 1. The Morgan fingerprint density at radius 1 is 1.47 bits per heavy atom. The first-order chi connectivity index (χ1) is 9.15. The molecule has 2 saturated heterocycles. The van der Waals surface area contributed by atoms with Gasteiger partial charge in [-0.25, -0.2) is 0 Å². The average molecular weight is 269 g/mol. The number of likely N-dealkylation sites (N-methyl/N-ethyl adjacent to an activating group) is 1. The molecule has 2 aliphatic rings. The van der Waals surface area contributed by atoms with Crippen LogP contribution in [0.2, 0.25) is 0 Å². The number of amides is 1. The largest absolute Gasteiger partial charge is 0.375 e. The minimum absolute atomic E-state index is 0.169. The van der Waals surface area contributed by atoms with E-state index in [1.54, 1.807) is 0 Å². The van der Waals surface area contributed by atoms with Crippen molar-refractivity contribution in [1.82, 2.24) is 15.1 Å². The van der Waals surface area contributed by atoms with E-state index in [0.717, 1.165) is 26.2 Å². The molecule has 0 spiro atoms. The Labute approximate surface area is 116 Å². The SMILES string of the molecule is CC1CN(C(=O)CN(C)CC2CCCCN2)CCO1. The van der Waals surface area contributed by atoms with Gasteiger partial charge in [0, 0.05) is 25.7 Å². The quantitative estimate of drug-likeness (QED) is 0.798. The molecule has 0 aromatic heterocycles. The molecule has 110 valence electrons. The molecule has 2 heterocycles. The number of piperidine rings is 1. The lowest BCUT2D eigenvalue weighted by Gasteiger charge is -2.33. The van der Waals surface area contributed by atoms with Crippen LogP contribution in [0.3, 0.4) is 0 Å². The van der Waals surface area contributed by atoms with Crippen molar-refractivity contribution in [2.24, 2.45) is 0 Å². The molecule has 5 heteroatoms. The van der Waals surface area contributed by atoms with Crippen molar-refractivity contribution in [1.29, 1.82) is 0 Å². The summed E-state index contributed by atoms with van der Waals surface area (Å²) in [5, 5.41) is 3.52. The van der Waals surface area contributed by atoms with E-state index in [4.69, 9.17) is 4.74 Å². The molecule has 0 bridgehead atoms. The molecule has 0 aliphatic carbocycles. The van der Waals surface area contributed by atoms with Crippen LogP contribution in [-0.4, -0.2) is 74.2 Å². The highest BCUT2D eigenvalue weighted by Gasteiger charge is 2.23. The van der Waals surface area contributed by atoms with E-state index < -0.39 is 0 Å². The van der Waals surface area contributed by atoms with Crippen molar-refractivity contribution in [3.05, 3.63) is 0 Å².